The van der Waals surface area contributed by atoms with Gasteiger partial charge in [0.2, 0.25) is 5.91 Å². The molecule has 4 rings (SSSR count). The molecule has 0 saturated carbocycles. The Balaban J connectivity index is 1.57. The molecule has 1 heterocycles. The molecular formula is C28H30FN5O2. The second-order valence-corrected chi connectivity index (χ2v) is 8.92. The van der Waals surface area contributed by atoms with E-state index in [1.54, 1.807) is 12.1 Å². The zero-order valence-electron chi connectivity index (χ0n) is 20.3. The Hall–Kier alpha value is -4.33. The van der Waals surface area contributed by atoms with Gasteiger partial charge in [0.05, 0.1) is 12.5 Å². The molecule has 0 saturated heterocycles. The lowest BCUT2D eigenvalue weighted by atomic mass is 9.90. The van der Waals surface area contributed by atoms with Gasteiger partial charge in [0.15, 0.2) is 0 Å². The van der Waals surface area contributed by atoms with Gasteiger partial charge in [-0.25, -0.2) is 9.18 Å². The molecule has 1 aromatic heterocycles. The van der Waals surface area contributed by atoms with E-state index in [-0.39, 0.29) is 23.8 Å². The van der Waals surface area contributed by atoms with Crippen molar-refractivity contribution in [1.82, 2.24) is 15.6 Å². The third-order valence-electron chi connectivity index (χ3n) is 6.30. The standard InChI is InChI=1S/C28H30FN5O2/c1-34(2)19-13-11-18(12-14-19)22(23-17-31-25-10-6-4-7-20(23)25)16-32-27(35)15-26(33-28(30)36)21-8-3-5-9-24(21)29/h3-14,17,22,26,31H,15-16H2,1-2H3,(H,32,35)(H3,30,33,36)/t22-,26-/m1/s1. The van der Waals surface area contributed by atoms with E-state index in [1.807, 2.05) is 55.5 Å². The number of carbonyl (C=O) groups is 2. The SMILES string of the molecule is CN(C)c1ccc([C@@H](CNC(=O)C[C@@H](NC(N)=O)c2ccccc2F)c2c[nH]c3ccccc23)cc1. The van der Waals surface area contributed by atoms with E-state index in [0.29, 0.717) is 6.54 Å². The molecule has 2 atom stereocenters. The first-order valence-electron chi connectivity index (χ1n) is 11.7. The number of nitrogens with zero attached hydrogens (tertiary/aromatic N) is 1. The Kier molecular flexibility index (Phi) is 7.53. The van der Waals surface area contributed by atoms with Crippen LogP contribution in [0.5, 0.6) is 0 Å². The molecule has 7 nitrogen and oxygen atoms in total. The lowest BCUT2D eigenvalue weighted by Crippen LogP contribution is -2.38. The van der Waals surface area contributed by atoms with Gasteiger partial charge in [-0.3, -0.25) is 4.79 Å². The Morgan fingerprint density at radius 2 is 1.67 bits per heavy atom. The van der Waals surface area contributed by atoms with E-state index >= 15 is 0 Å². The average Bonchev–Trinajstić information content (AvgIpc) is 3.28. The number of anilines is 1. The quantitative estimate of drug-likeness (QED) is 0.281. The molecule has 4 aromatic rings. The first kappa shape index (κ1) is 24.8. The fourth-order valence-corrected chi connectivity index (χ4v) is 4.44. The van der Waals surface area contributed by atoms with Crippen molar-refractivity contribution in [3.63, 3.8) is 0 Å². The Bertz CT molecular complexity index is 1350. The molecular weight excluding hydrogens is 457 g/mol. The Morgan fingerprint density at radius 1 is 0.972 bits per heavy atom. The van der Waals surface area contributed by atoms with Crippen LogP contribution in [0, 0.1) is 5.82 Å². The topological polar surface area (TPSA) is 103 Å². The number of primary amides is 1. The molecule has 3 amide bonds. The number of fused-ring (bicyclic) bond motifs is 1. The lowest BCUT2D eigenvalue weighted by molar-refractivity contribution is -0.121. The van der Waals surface area contributed by atoms with Crippen molar-refractivity contribution in [3.05, 3.63) is 102 Å². The van der Waals surface area contributed by atoms with Gasteiger partial charge < -0.3 is 26.3 Å². The molecule has 0 spiro atoms. The van der Waals surface area contributed by atoms with Crippen LogP contribution in [0.4, 0.5) is 14.9 Å². The van der Waals surface area contributed by atoms with Gasteiger partial charge in [0, 0.05) is 54.9 Å². The molecule has 5 N–H and O–H groups in total. The third kappa shape index (κ3) is 5.66. The number of aromatic nitrogens is 1. The summed E-state index contributed by atoms with van der Waals surface area (Å²) in [5.74, 6) is -0.967. The van der Waals surface area contributed by atoms with Crippen LogP contribution in [-0.2, 0) is 4.79 Å². The van der Waals surface area contributed by atoms with Crippen LogP contribution in [0.2, 0.25) is 0 Å². The van der Waals surface area contributed by atoms with Crippen molar-refractivity contribution in [2.75, 3.05) is 25.5 Å². The zero-order chi connectivity index (χ0) is 25.7. The molecule has 0 fully saturated rings. The summed E-state index contributed by atoms with van der Waals surface area (Å²) < 4.78 is 14.4. The molecule has 186 valence electrons. The van der Waals surface area contributed by atoms with Crippen LogP contribution in [-0.4, -0.2) is 37.6 Å². The van der Waals surface area contributed by atoms with Crippen LogP contribution in [0.3, 0.4) is 0 Å². The number of H-pyrrole nitrogens is 1. The van der Waals surface area contributed by atoms with E-state index in [4.69, 9.17) is 5.73 Å². The van der Waals surface area contributed by atoms with Gasteiger partial charge in [-0.1, -0.05) is 48.5 Å². The minimum absolute atomic E-state index is 0.127. The molecule has 0 bridgehead atoms. The smallest absolute Gasteiger partial charge is 0.312 e. The highest BCUT2D eigenvalue weighted by Gasteiger charge is 2.23. The highest BCUT2D eigenvalue weighted by molar-refractivity contribution is 5.84. The monoisotopic (exact) mass is 487 g/mol. The van der Waals surface area contributed by atoms with Gasteiger partial charge in [0.25, 0.3) is 0 Å². The van der Waals surface area contributed by atoms with Crippen molar-refractivity contribution in [3.8, 4) is 0 Å². The highest BCUT2D eigenvalue weighted by Crippen LogP contribution is 2.31. The number of aromatic amines is 1. The summed E-state index contributed by atoms with van der Waals surface area (Å²) in [5.41, 5.74) is 9.70. The maximum atomic E-state index is 14.4. The Morgan fingerprint density at radius 3 is 2.36 bits per heavy atom. The van der Waals surface area contributed by atoms with Crippen LogP contribution >= 0.6 is 0 Å². The summed E-state index contributed by atoms with van der Waals surface area (Å²) in [5, 5.41) is 6.55. The number of nitrogens with two attached hydrogens (primary N) is 1. The minimum Gasteiger partial charge on any atom is -0.378 e. The molecule has 3 aromatic carbocycles. The largest absolute Gasteiger partial charge is 0.378 e. The number of hydrogen-bond donors (Lipinski definition) is 4. The number of urea groups is 1. The van der Waals surface area contributed by atoms with E-state index in [2.05, 4.69) is 33.8 Å². The molecule has 0 aliphatic rings. The molecule has 0 aliphatic carbocycles. The number of para-hydroxylation sites is 1. The van der Waals surface area contributed by atoms with E-state index in [9.17, 15) is 14.0 Å². The fraction of sp³-hybridized carbons (Fsp3) is 0.214. The maximum Gasteiger partial charge on any atom is 0.312 e. The summed E-state index contributed by atoms with van der Waals surface area (Å²) in [6.07, 6.45) is 1.82. The van der Waals surface area contributed by atoms with Crippen molar-refractivity contribution in [2.45, 2.75) is 18.4 Å². The second kappa shape index (κ2) is 10.9. The van der Waals surface area contributed by atoms with Gasteiger partial charge in [-0.2, -0.15) is 0 Å². The van der Waals surface area contributed by atoms with Crippen LogP contribution < -0.4 is 21.3 Å². The summed E-state index contributed by atoms with van der Waals surface area (Å²) in [4.78, 5) is 29.9. The van der Waals surface area contributed by atoms with Crippen molar-refractivity contribution < 1.29 is 14.0 Å². The second-order valence-electron chi connectivity index (χ2n) is 8.92. The predicted octanol–water partition coefficient (Wildman–Crippen LogP) is 4.42. The van der Waals surface area contributed by atoms with Gasteiger partial charge in [0.1, 0.15) is 5.82 Å². The molecule has 0 radical (unpaired) electrons. The van der Waals surface area contributed by atoms with E-state index in [0.717, 1.165) is 27.7 Å². The van der Waals surface area contributed by atoms with Gasteiger partial charge in [-0.05, 0) is 35.4 Å². The van der Waals surface area contributed by atoms with Crippen LogP contribution in [0.25, 0.3) is 10.9 Å². The normalized spacial score (nSPS) is 12.6. The number of benzene rings is 3. The first-order valence-corrected chi connectivity index (χ1v) is 11.7. The molecule has 0 aliphatic heterocycles. The number of rotatable bonds is 9. The van der Waals surface area contributed by atoms with E-state index in [1.165, 1.54) is 12.1 Å². The van der Waals surface area contributed by atoms with Crippen molar-refractivity contribution in [1.29, 1.82) is 0 Å². The summed E-state index contributed by atoms with van der Waals surface area (Å²) in [6, 6.07) is 20.5. The number of halogens is 1. The number of hydrogen-bond acceptors (Lipinski definition) is 3. The molecule has 0 unspecified atom stereocenters. The van der Waals surface area contributed by atoms with Gasteiger partial charge in [-0.15, -0.1) is 0 Å². The van der Waals surface area contributed by atoms with E-state index < -0.39 is 17.9 Å². The fourth-order valence-electron chi connectivity index (χ4n) is 4.44. The first-order chi connectivity index (χ1) is 17.3. The lowest BCUT2D eigenvalue weighted by Gasteiger charge is -2.22. The minimum atomic E-state index is -0.880. The summed E-state index contributed by atoms with van der Waals surface area (Å²) in [6.45, 7) is 0.322. The number of carbonyl (C=O) groups excluding carboxylic acids is 2. The number of amides is 3. The predicted molar refractivity (Wildman–Crippen MR) is 140 cm³/mol. The van der Waals surface area contributed by atoms with Crippen LogP contribution in [0.15, 0.2) is 79.0 Å². The van der Waals surface area contributed by atoms with Crippen molar-refractivity contribution >= 4 is 28.5 Å². The number of nitrogens with one attached hydrogen (secondary N) is 3. The maximum absolute atomic E-state index is 14.4. The highest BCUT2D eigenvalue weighted by atomic mass is 19.1. The zero-order valence-corrected chi connectivity index (χ0v) is 20.3. The van der Waals surface area contributed by atoms with Crippen LogP contribution in [0.1, 0.15) is 35.1 Å². The average molecular weight is 488 g/mol. The van der Waals surface area contributed by atoms with Crippen molar-refractivity contribution in [2.24, 2.45) is 5.73 Å². The molecule has 36 heavy (non-hydrogen) atoms. The third-order valence-corrected chi connectivity index (χ3v) is 6.30. The summed E-state index contributed by atoms with van der Waals surface area (Å²) in [7, 11) is 3.97. The molecule has 8 heteroatoms. The Labute approximate surface area is 209 Å². The summed E-state index contributed by atoms with van der Waals surface area (Å²) >= 11 is 0. The van der Waals surface area contributed by atoms with Gasteiger partial charge >= 0.3 is 6.03 Å².